The van der Waals surface area contributed by atoms with Crippen molar-refractivity contribution in [2.24, 2.45) is 5.92 Å². The lowest BCUT2D eigenvalue weighted by Gasteiger charge is -2.51. The number of amides is 2. The first-order chi connectivity index (χ1) is 17.8. The number of hydrogen-bond acceptors (Lipinski definition) is 5. The summed E-state index contributed by atoms with van der Waals surface area (Å²) in [6, 6.07) is 9.63. The highest BCUT2D eigenvalue weighted by molar-refractivity contribution is 7.09. The van der Waals surface area contributed by atoms with Gasteiger partial charge < -0.3 is 15.0 Å². The van der Waals surface area contributed by atoms with Crippen molar-refractivity contribution in [3.8, 4) is 5.75 Å². The zero-order valence-corrected chi connectivity index (χ0v) is 23.5. The van der Waals surface area contributed by atoms with E-state index in [1.807, 2.05) is 34.5 Å². The van der Waals surface area contributed by atoms with Crippen molar-refractivity contribution in [3.63, 3.8) is 0 Å². The van der Waals surface area contributed by atoms with Gasteiger partial charge in [0.15, 0.2) is 0 Å². The maximum absolute atomic E-state index is 13.7. The van der Waals surface area contributed by atoms with Crippen molar-refractivity contribution in [1.82, 2.24) is 15.1 Å². The number of rotatable bonds is 8. The van der Waals surface area contributed by atoms with E-state index in [1.165, 1.54) is 12.8 Å². The topological polar surface area (TPSA) is 61.9 Å². The van der Waals surface area contributed by atoms with Gasteiger partial charge in [-0.1, -0.05) is 37.6 Å². The maximum Gasteiger partial charge on any atom is 0.246 e. The van der Waals surface area contributed by atoms with Gasteiger partial charge in [-0.25, -0.2) is 0 Å². The molecule has 3 aliphatic rings. The number of nitrogens with zero attached hydrogens (tertiary/aromatic N) is 2. The van der Waals surface area contributed by atoms with Crippen LogP contribution in [0, 0.1) is 5.92 Å². The van der Waals surface area contributed by atoms with E-state index in [4.69, 9.17) is 16.3 Å². The third-order valence-electron chi connectivity index (χ3n) is 8.12. The zero-order chi connectivity index (χ0) is 26.0. The van der Waals surface area contributed by atoms with Crippen molar-refractivity contribution >= 4 is 34.8 Å². The maximum atomic E-state index is 13.7. The number of carbonyl (C=O) groups is 2. The van der Waals surface area contributed by atoms with Crippen LogP contribution in [0.3, 0.4) is 0 Å². The molecule has 37 heavy (non-hydrogen) atoms. The average Bonchev–Trinajstić information content (AvgIpc) is 3.57. The lowest BCUT2D eigenvalue weighted by atomic mass is 9.80. The molecule has 1 spiro atoms. The third-order valence-corrected chi connectivity index (χ3v) is 9.33. The molecule has 8 heteroatoms. The van der Waals surface area contributed by atoms with Gasteiger partial charge in [-0.05, 0) is 80.0 Å². The Hall–Kier alpha value is -2.09. The van der Waals surface area contributed by atoms with E-state index in [2.05, 4.69) is 30.1 Å². The van der Waals surface area contributed by atoms with Crippen LogP contribution in [-0.2, 0) is 22.7 Å². The Bertz CT molecular complexity index is 1090. The van der Waals surface area contributed by atoms with Crippen LogP contribution in [0.25, 0.3) is 0 Å². The molecule has 1 aromatic heterocycles. The minimum atomic E-state index is -0.798. The average molecular weight is 544 g/mol. The van der Waals surface area contributed by atoms with Gasteiger partial charge >= 0.3 is 0 Å². The second kappa shape index (κ2) is 11.3. The van der Waals surface area contributed by atoms with E-state index >= 15 is 0 Å². The first-order valence-corrected chi connectivity index (χ1v) is 14.9. The third kappa shape index (κ3) is 5.84. The molecule has 1 saturated carbocycles. The summed E-state index contributed by atoms with van der Waals surface area (Å²) in [6.07, 6.45) is 6.91. The molecule has 2 saturated heterocycles. The van der Waals surface area contributed by atoms with E-state index < -0.39 is 11.6 Å². The summed E-state index contributed by atoms with van der Waals surface area (Å²) in [4.78, 5) is 32.6. The Morgan fingerprint density at radius 3 is 2.54 bits per heavy atom. The van der Waals surface area contributed by atoms with Gasteiger partial charge in [0.25, 0.3) is 0 Å². The van der Waals surface area contributed by atoms with E-state index in [-0.39, 0.29) is 11.8 Å². The Balaban J connectivity index is 1.27. The summed E-state index contributed by atoms with van der Waals surface area (Å²) < 4.78 is 6.11. The second-order valence-corrected chi connectivity index (χ2v) is 12.7. The van der Waals surface area contributed by atoms with Crippen LogP contribution in [0.5, 0.6) is 5.75 Å². The summed E-state index contributed by atoms with van der Waals surface area (Å²) in [7, 11) is 0. The predicted molar refractivity (Wildman–Crippen MR) is 148 cm³/mol. The highest BCUT2D eigenvalue weighted by Crippen LogP contribution is 2.37. The Labute approximate surface area is 229 Å². The van der Waals surface area contributed by atoms with Gasteiger partial charge in [-0.2, -0.15) is 0 Å². The molecule has 6 nitrogen and oxygen atoms in total. The van der Waals surface area contributed by atoms with E-state index in [0.717, 1.165) is 53.7 Å². The van der Waals surface area contributed by atoms with E-state index in [9.17, 15) is 9.59 Å². The molecule has 1 aromatic carbocycles. The van der Waals surface area contributed by atoms with Gasteiger partial charge in [-0.3, -0.25) is 14.5 Å². The second-order valence-electron chi connectivity index (χ2n) is 11.2. The van der Waals surface area contributed by atoms with E-state index in [1.54, 1.807) is 11.3 Å². The molecule has 2 amide bonds. The van der Waals surface area contributed by atoms with E-state index in [0.29, 0.717) is 37.8 Å². The molecule has 0 radical (unpaired) electrons. The molecule has 2 aliphatic heterocycles. The van der Waals surface area contributed by atoms with Crippen LogP contribution in [0.2, 0.25) is 5.02 Å². The molecule has 1 aliphatic carbocycles. The lowest BCUT2D eigenvalue weighted by Crippen LogP contribution is -2.72. The molecule has 5 rings (SSSR count). The SMILES string of the molecule is CC(C)CC1NC(=O)C2(CCN(Cc3ccc(OC4CCCC4)cc3Cl)CC2)N(Cc2cccs2)C1=O. The van der Waals surface area contributed by atoms with Crippen LogP contribution in [0.15, 0.2) is 35.7 Å². The molecule has 1 atom stereocenters. The van der Waals surface area contributed by atoms with Crippen LogP contribution >= 0.6 is 22.9 Å². The van der Waals surface area contributed by atoms with Crippen LogP contribution < -0.4 is 10.1 Å². The summed E-state index contributed by atoms with van der Waals surface area (Å²) in [5, 5.41) is 5.84. The smallest absolute Gasteiger partial charge is 0.246 e. The summed E-state index contributed by atoms with van der Waals surface area (Å²) in [6.45, 7) is 6.84. The van der Waals surface area contributed by atoms with Crippen molar-refractivity contribution in [3.05, 3.63) is 51.2 Å². The number of benzene rings is 1. The largest absolute Gasteiger partial charge is 0.490 e. The van der Waals surface area contributed by atoms with Crippen molar-refractivity contribution in [2.45, 2.75) is 89.6 Å². The lowest BCUT2D eigenvalue weighted by molar-refractivity contribution is -0.162. The molecule has 0 bridgehead atoms. The van der Waals surface area contributed by atoms with Crippen LogP contribution in [0.4, 0.5) is 0 Å². The predicted octanol–water partition coefficient (Wildman–Crippen LogP) is 5.63. The Kier molecular flexibility index (Phi) is 8.13. The Morgan fingerprint density at radius 1 is 1.14 bits per heavy atom. The fraction of sp³-hybridized carbons (Fsp3) is 0.586. The van der Waals surface area contributed by atoms with Gasteiger partial charge in [0.1, 0.15) is 17.3 Å². The van der Waals surface area contributed by atoms with Gasteiger partial charge in [0, 0.05) is 29.5 Å². The first kappa shape index (κ1) is 26.5. The molecule has 2 aromatic rings. The van der Waals surface area contributed by atoms with Gasteiger partial charge in [-0.15, -0.1) is 11.3 Å². The number of likely N-dealkylation sites (tertiary alicyclic amines) is 1. The van der Waals surface area contributed by atoms with Crippen LogP contribution in [-0.4, -0.2) is 52.4 Å². The minimum absolute atomic E-state index is 0.000373. The highest BCUT2D eigenvalue weighted by atomic mass is 35.5. The molecule has 3 fully saturated rings. The summed E-state index contributed by atoms with van der Waals surface area (Å²) >= 11 is 8.29. The number of piperidine rings is 1. The standard InChI is InChI=1S/C29H38ClN3O3S/c1-20(2)16-26-27(34)33(19-24-8-5-15-37-24)29(28(35)31-26)11-13-32(14-12-29)18-21-9-10-23(17-25(21)30)36-22-6-3-4-7-22/h5,8-10,15,17,20,22,26H,3-4,6-7,11-14,16,18-19H2,1-2H3,(H,31,35). The highest BCUT2D eigenvalue weighted by Gasteiger charge is 2.53. The fourth-order valence-electron chi connectivity index (χ4n) is 6.04. The fourth-order valence-corrected chi connectivity index (χ4v) is 6.96. The van der Waals surface area contributed by atoms with Gasteiger partial charge in [0.2, 0.25) is 11.8 Å². The number of piperazine rings is 1. The minimum Gasteiger partial charge on any atom is -0.490 e. The summed E-state index contributed by atoms with van der Waals surface area (Å²) in [5.74, 6) is 1.22. The quantitative estimate of drug-likeness (QED) is 0.468. The number of carbonyl (C=O) groups excluding carboxylic acids is 2. The van der Waals surface area contributed by atoms with Crippen molar-refractivity contribution in [2.75, 3.05) is 13.1 Å². The molecular weight excluding hydrogens is 506 g/mol. The molecular formula is C29H38ClN3O3S. The number of halogens is 1. The number of thiophene rings is 1. The summed E-state index contributed by atoms with van der Waals surface area (Å²) in [5.41, 5.74) is 0.265. The van der Waals surface area contributed by atoms with Gasteiger partial charge in [0.05, 0.1) is 12.6 Å². The monoisotopic (exact) mass is 543 g/mol. The molecule has 200 valence electrons. The number of hydrogen-bond donors (Lipinski definition) is 1. The molecule has 3 heterocycles. The first-order valence-electron chi connectivity index (χ1n) is 13.7. The number of ether oxygens (including phenoxy) is 1. The molecule has 1 unspecified atom stereocenters. The molecule has 1 N–H and O–H groups in total. The zero-order valence-electron chi connectivity index (χ0n) is 21.9. The normalized spacial score (nSPS) is 22.7. The van der Waals surface area contributed by atoms with Crippen molar-refractivity contribution < 1.29 is 14.3 Å². The number of nitrogens with one attached hydrogen (secondary N) is 1. The van der Waals surface area contributed by atoms with Crippen molar-refractivity contribution in [1.29, 1.82) is 0 Å². The Morgan fingerprint density at radius 2 is 1.89 bits per heavy atom. The van der Waals surface area contributed by atoms with Crippen LogP contribution in [0.1, 0.15) is 69.2 Å².